The van der Waals surface area contributed by atoms with Gasteiger partial charge in [0.05, 0.1) is 10.7 Å². The number of fused-ring (bicyclic) bond motifs is 1. The quantitative estimate of drug-likeness (QED) is 0.477. The monoisotopic (exact) mass is 502 g/mol. The number of halogens is 3. The van der Waals surface area contributed by atoms with Crippen LogP contribution in [0.4, 0.5) is 14.5 Å². The number of rotatable bonds is 7. The van der Waals surface area contributed by atoms with Gasteiger partial charge in [-0.25, -0.2) is 13.6 Å². The lowest BCUT2D eigenvalue weighted by molar-refractivity contribution is -0.109. The molecule has 3 aromatic rings. The maximum atomic E-state index is 15.5. The summed E-state index contributed by atoms with van der Waals surface area (Å²) in [5.74, 6) is -1.34. The van der Waals surface area contributed by atoms with E-state index in [1.54, 1.807) is 13.1 Å². The summed E-state index contributed by atoms with van der Waals surface area (Å²) in [5, 5.41) is 13.8. The van der Waals surface area contributed by atoms with Gasteiger partial charge in [0.1, 0.15) is 36.3 Å². The molecule has 0 fully saturated rings. The number of carbonyl (C=O) groups excluding carboxylic acids is 1. The zero-order chi connectivity index (χ0) is 25.4. The standard InChI is InChI=1S/C25H25ClF2N4O3/c1-4-14(3)17-11-31(24-18(26)7-6-8-19(24)27)22(12-33)16-9-20(28)21(10-15(16)17)32-25(35)30(5-2)23(13-34)29-32/h6-12,14,22,34H,4-5,13H2,1-3H3. The predicted octanol–water partition coefficient (Wildman–Crippen LogP) is 4.63. The van der Waals surface area contributed by atoms with E-state index in [0.29, 0.717) is 23.8 Å². The van der Waals surface area contributed by atoms with Crippen molar-refractivity contribution in [3.8, 4) is 5.69 Å². The first-order valence-corrected chi connectivity index (χ1v) is 11.7. The zero-order valence-electron chi connectivity index (χ0n) is 19.5. The van der Waals surface area contributed by atoms with Gasteiger partial charge in [-0.2, -0.15) is 4.68 Å². The molecular weight excluding hydrogens is 478 g/mol. The van der Waals surface area contributed by atoms with Gasteiger partial charge in [0.15, 0.2) is 5.82 Å². The zero-order valence-corrected chi connectivity index (χ0v) is 20.3. The lowest BCUT2D eigenvalue weighted by atomic mass is 9.84. The van der Waals surface area contributed by atoms with Gasteiger partial charge in [0.2, 0.25) is 0 Å². The molecule has 0 bridgehead atoms. The average molecular weight is 503 g/mol. The highest BCUT2D eigenvalue weighted by Gasteiger charge is 2.33. The van der Waals surface area contributed by atoms with Crippen molar-refractivity contribution < 1.29 is 18.7 Å². The summed E-state index contributed by atoms with van der Waals surface area (Å²) >= 11 is 6.30. The SMILES string of the molecule is CCC(C)C1=CN(c2c(F)cccc2Cl)C(C=O)c2cc(F)c(-n3nc(CO)n(CC)c3=O)cc21. The number of carbonyl (C=O) groups is 1. The van der Waals surface area contributed by atoms with Gasteiger partial charge in [-0.05, 0) is 60.2 Å². The molecule has 0 spiro atoms. The summed E-state index contributed by atoms with van der Waals surface area (Å²) in [7, 11) is 0. The van der Waals surface area contributed by atoms with Gasteiger partial charge in [-0.15, -0.1) is 5.10 Å². The molecule has 10 heteroatoms. The van der Waals surface area contributed by atoms with Crippen LogP contribution in [0.15, 0.2) is 41.3 Å². The molecule has 2 heterocycles. The van der Waals surface area contributed by atoms with Gasteiger partial charge < -0.3 is 14.8 Å². The number of aliphatic hydroxyl groups is 1. The van der Waals surface area contributed by atoms with Crippen LogP contribution in [0.1, 0.15) is 50.2 Å². The smallest absolute Gasteiger partial charge is 0.350 e. The third-order valence-electron chi connectivity index (χ3n) is 6.42. The molecule has 2 atom stereocenters. The Bertz CT molecular complexity index is 1360. The van der Waals surface area contributed by atoms with Crippen molar-refractivity contribution in [1.29, 1.82) is 0 Å². The molecule has 1 aliphatic rings. The van der Waals surface area contributed by atoms with Gasteiger partial charge in [-0.3, -0.25) is 4.57 Å². The van der Waals surface area contributed by atoms with E-state index in [4.69, 9.17) is 11.6 Å². The van der Waals surface area contributed by atoms with E-state index >= 15 is 4.39 Å². The van der Waals surface area contributed by atoms with Crippen LogP contribution in [0, 0.1) is 17.6 Å². The summed E-state index contributed by atoms with van der Waals surface area (Å²) in [6, 6.07) is 5.84. The van der Waals surface area contributed by atoms with Crippen LogP contribution in [0.5, 0.6) is 0 Å². The number of aldehydes is 1. The Balaban J connectivity index is 1.98. The maximum absolute atomic E-state index is 15.5. The molecule has 35 heavy (non-hydrogen) atoms. The topological polar surface area (TPSA) is 80.4 Å². The van der Waals surface area contributed by atoms with E-state index in [0.717, 1.165) is 10.3 Å². The van der Waals surface area contributed by atoms with E-state index in [9.17, 15) is 19.1 Å². The van der Waals surface area contributed by atoms with Crippen LogP contribution in [-0.2, 0) is 17.9 Å². The molecule has 1 aliphatic heterocycles. The highest BCUT2D eigenvalue weighted by Crippen LogP contribution is 2.44. The molecule has 2 aromatic carbocycles. The Morgan fingerprint density at radius 2 is 1.97 bits per heavy atom. The van der Waals surface area contributed by atoms with Crippen LogP contribution in [-0.4, -0.2) is 25.7 Å². The summed E-state index contributed by atoms with van der Waals surface area (Å²) in [5.41, 5.74) is 0.932. The van der Waals surface area contributed by atoms with Crippen molar-refractivity contribution in [3.05, 3.63) is 80.6 Å². The van der Waals surface area contributed by atoms with Crippen LogP contribution >= 0.6 is 11.6 Å². The number of benzene rings is 2. The minimum atomic E-state index is -1.05. The first-order chi connectivity index (χ1) is 16.8. The van der Waals surface area contributed by atoms with Crippen molar-refractivity contribution in [1.82, 2.24) is 14.3 Å². The number of hydrogen-bond acceptors (Lipinski definition) is 5. The highest BCUT2D eigenvalue weighted by molar-refractivity contribution is 6.33. The lowest BCUT2D eigenvalue weighted by Gasteiger charge is -2.36. The van der Waals surface area contributed by atoms with Crippen molar-refractivity contribution >= 4 is 29.1 Å². The van der Waals surface area contributed by atoms with E-state index in [1.165, 1.54) is 39.8 Å². The van der Waals surface area contributed by atoms with Crippen molar-refractivity contribution in [2.24, 2.45) is 5.92 Å². The average Bonchev–Trinajstić information content (AvgIpc) is 3.17. The fraction of sp³-hybridized carbons (Fsp3) is 0.320. The second kappa shape index (κ2) is 9.75. The Morgan fingerprint density at radius 1 is 1.23 bits per heavy atom. The summed E-state index contributed by atoms with van der Waals surface area (Å²) in [4.78, 5) is 26.5. The summed E-state index contributed by atoms with van der Waals surface area (Å²) in [6.45, 7) is 5.43. The molecular formula is C25H25ClF2N4O3. The number of aromatic nitrogens is 3. The van der Waals surface area contributed by atoms with Crippen molar-refractivity contribution in [2.45, 2.75) is 46.4 Å². The minimum absolute atomic E-state index is 0.0210. The Hall–Kier alpha value is -3.30. The third-order valence-corrected chi connectivity index (χ3v) is 6.72. The van der Waals surface area contributed by atoms with Crippen LogP contribution in [0.3, 0.4) is 0 Å². The largest absolute Gasteiger partial charge is 0.388 e. The van der Waals surface area contributed by atoms with Crippen LogP contribution < -0.4 is 10.6 Å². The number of allylic oxidation sites excluding steroid dienone is 1. The molecule has 0 aliphatic carbocycles. The van der Waals surface area contributed by atoms with Crippen molar-refractivity contribution in [3.63, 3.8) is 0 Å². The minimum Gasteiger partial charge on any atom is -0.388 e. The van der Waals surface area contributed by atoms with Gasteiger partial charge in [0.25, 0.3) is 0 Å². The molecule has 7 nitrogen and oxygen atoms in total. The molecule has 1 N–H and O–H groups in total. The van der Waals surface area contributed by atoms with E-state index in [-0.39, 0.29) is 34.7 Å². The van der Waals surface area contributed by atoms with E-state index in [1.807, 2.05) is 13.8 Å². The number of anilines is 1. The second-order valence-corrected chi connectivity index (χ2v) is 8.76. The first kappa shape index (κ1) is 24.8. The Kier molecular flexibility index (Phi) is 6.91. The number of hydrogen-bond donors (Lipinski definition) is 1. The maximum Gasteiger partial charge on any atom is 0.350 e. The number of aliphatic hydroxyl groups excluding tert-OH is 1. The van der Waals surface area contributed by atoms with Gasteiger partial charge in [0, 0.05) is 12.7 Å². The predicted molar refractivity (Wildman–Crippen MR) is 130 cm³/mol. The van der Waals surface area contributed by atoms with E-state index < -0.39 is 30.0 Å². The second-order valence-electron chi connectivity index (χ2n) is 8.36. The summed E-state index contributed by atoms with van der Waals surface area (Å²) < 4.78 is 32.5. The normalized spacial score (nSPS) is 16.1. The molecule has 1 aromatic heterocycles. The van der Waals surface area contributed by atoms with Gasteiger partial charge >= 0.3 is 5.69 Å². The molecule has 4 rings (SSSR count). The third kappa shape index (κ3) is 4.08. The van der Waals surface area contributed by atoms with Crippen molar-refractivity contribution in [2.75, 3.05) is 4.90 Å². The molecule has 0 radical (unpaired) electrons. The summed E-state index contributed by atoms with van der Waals surface area (Å²) in [6.07, 6.45) is 2.97. The van der Waals surface area contributed by atoms with Gasteiger partial charge in [-0.1, -0.05) is 31.5 Å². The molecule has 184 valence electrons. The fourth-order valence-electron chi connectivity index (χ4n) is 4.40. The first-order valence-electron chi connectivity index (χ1n) is 11.3. The Labute approximate surface area is 205 Å². The molecule has 0 saturated carbocycles. The molecule has 2 unspecified atom stereocenters. The molecule has 0 saturated heterocycles. The lowest BCUT2D eigenvalue weighted by Crippen LogP contribution is -2.31. The van der Waals surface area contributed by atoms with E-state index in [2.05, 4.69) is 5.10 Å². The molecule has 0 amide bonds. The highest BCUT2D eigenvalue weighted by atomic mass is 35.5. The fourth-order valence-corrected chi connectivity index (χ4v) is 4.66. The van der Waals surface area contributed by atoms with Crippen LogP contribution in [0.25, 0.3) is 11.3 Å². The van der Waals surface area contributed by atoms with Crippen LogP contribution in [0.2, 0.25) is 5.02 Å². The number of para-hydroxylation sites is 1. The Morgan fingerprint density at radius 3 is 2.54 bits per heavy atom. The number of nitrogens with zero attached hydrogens (tertiary/aromatic N) is 4.